The maximum atomic E-state index is 12.9. The number of carbonyl (C=O) groups excluding carboxylic acids is 1. The van der Waals surface area contributed by atoms with Gasteiger partial charge in [0.05, 0.1) is 18.7 Å². The van der Waals surface area contributed by atoms with Crippen LogP contribution in [0.5, 0.6) is 0 Å². The Morgan fingerprint density at radius 1 is 1.61 bits per heavy atom. The minimum Gasteiger partial charge on any atom is -0.466 e. The van der Waals surface area contributed by atoms with Gasteiger partial charge in [-0.25, -0.2) is 13.8 Å². The molecule has 0 unspecified atom stereocenters. The van der Waals surface area contributed by atoms with E-state index in [2.05, 4.69) is 4.98 Å². The number of ether oxygens (including phenoxy) is 1. The molecule has 18 heavy (non-hydrogen) atoms. The zero-order valence-electron chi connectivity index (χ0n) is 9.75. The van der Waals surface area contributed by atoms with Gasteiger partial charge in [0.2, 0.25) is 0 Å². The standard InChI is InChI=1S/C11H13ClF2N2O2/c1-2-18-9(17)4-7-8(11(13)14)3-6(5-15)16-10(7)12/h3,11H,2,4-5,15H2,1H3. The summed E-state index contributed by atoms with van der Waals surface area (Å²) in [7, 11) is 0. The van der Waals surface area contributed by atoms with Crippen LogP contribution in [0.1, 0.15) is 30.2 Å². The van der Waals surface area contributed by atoms with Crippen LogP contribution < -0.4 is 5.73 Å². The normalized spacial score (nSPS) is 10.8. The van der Waals surface area contributed by atoms with Gasteiger partial charge in [-0.1, -0.05) is 11.6 Å². The number of hydrogen-bond donors (Lipinski definition) is 1. The van der Waals surface area contributed by atoms with E-state index in [1.807, 2.05) is 0 Å². The van der Waals surface area contributed by atoms with Crippen molar-refractivity contribution in [1.82, 2.24) is 4.98 Å². The molecule has 0 saturated carbocycles. The number of alkyl halides is 2. The van der Waals surface area contributed by atoms with Gasteiger partial charge < -0.3 is 10.5 Å². The average Bonchev–Trinajstić information content (AvgIpc) is 2.31. The second-order valence-corrected chi connectivity index (χ2v) is 3.82. The van der Waals surface area contributed by atoms with Crippen LogP contribution in [-0.4, -0.2) is 17.6 Å². The molecule has 0 bridgehead atoms. The van der Waals surface area contributed by atoms with Crippen molar-refractivity contribution >= 4 is 17.6 Å². The van der Waals surface area contributed by atoms with E-state index in [0.29, 0.717) is 0 Å². The first kappa shape index (κ1) is 14.8. The van der Waals surface area contributed by atoms with E-state index in [4.69, 9.17) is 22.1 Å². The van der Waals surface area contributed by atoms with E-state index < -0.39 is 12.4 Å². The molecule has 1 aromatic rings. The number of nitrogens with zero attached hydrogens (tertiary/aromatic N) is 1. The molecule has 1 aromatic heterocycles. The van der Waals surface area contributed by atoms with Gasteiger partial charge in [-0.15, -0.1) is 0 Å². The van der Waals surface area contributed by atoms with Crippen molar-refractivity contribution in [2.45, 2.75) is 26.3 Å². The molecular formula is C11H13ClF2N2O2. The van der Waals surface area contributed by atoms with Gasteiger partial charge in [0, 0.05) is 17.7 Å². The number of esters is 1. The lowest BCUT2D eigenvalue weighted by atomic mass is 10.1. The fraction of sp³-hybridized carbons (Fsp3) is 0.455. The number of nitrogens with two attached hydrogens (primary N) is 1. The van der Waals surface area contributed by atoms with Gasteiger partial charge in [0.1, 0.15) is 5.15 Å². The van der Waals surface area contributed by atoms with Gasteiger partial charge in [-0.3, -0.25) is 4.79 Å². The quantitative estimate of drug-likeness (QED) is 0.663. The van der Waals surface area contributed by atoms with E-state index in [1.165, 1.54) is 0 Å². The number of aromatic nitrogens is 1. The first-order valence-corrected chi connectivity index (χ1v) is 5.69. The van der Waals surface area contributed by atoms with Crippen LogP contribution >= 0.6 is 11.6 Å². The van der Waals surface area contributed by atoms with E-state index >= 15 is 0 Å². The summed E-state index contributed by atoms with van der Waals surface area (Å²) in [6, 6.07) is 1.16. The lowest BCUT2D eigenvalue weighted by Gasteiger charge is -2.11. The molecular weight excluding hydrogens is 266 g/mol. The predicted octanol–water partition coefficient (Wildman–Crippen LogP) is 2.24. The summed E-state index contributed by atoms with van der Waals surface area (Å²) >= 11 is 5.79. The Kier molecular flexibility index (Phi) is 5.43. The van der Waals surface area contributed by atoms with Crippen molar-refractivity contribution in [2.24, 2.45) is 5.73 Å². The molecule has 0 aliphatic rings. The van der Waals surface area contributed by atoms with Crippen LogP contribution in [0.2, 0.25) is 5.15 Å². The molecule has 0 spiro atoms. The largest absolute Gasteiger partial charge is 0.466 e. The molecule has 0 aliphatic heterocycles. The smallest absolute Gasteiger partial charge is 0.310 e. The van der Waals surface area contributed by atoms with Crippen LogP contribution in [-0.2, 0) is 22.5 Å². The number of carbonyl (C=O) groups is 1. The van der Waals surface area contributed by atoms with Crippen molar-refractivity contribution in [2.75, 3.05) is 6.61 Å². The Labute approximate surface area is 108 Å². The summed E-state index contributed by atoms with van der Waals surface area (Å²) in [6.07, 6.45) is -3.08. The maximum absolute atomic E-state index is 12.9. The van der Waals surface area contributed by atoms with Crippen LogP contribution in [0.15, 0.2) is 6.07 Å². The Hall–Kier alpha value is -1.27. The fourth-order valence-electron chi connectivity index (χ4n) is 1.44. The Bertz CT molecular complexity index is 441. The number of halogens is 3. The summed E-state index contributed by atoms with van der Waals surface area (Å²) in [5.74, 6) is -0.622. The maximum Gasteiger partial charge on any atom is 0.310 e. The van der Waals surface area contributed by atoms with Crippen LogP contribution in [0.25, 0.3) is 0 Å². The molecule has 0 aromatic carbocycles. The molecule has 0 amide bonds. The molecule has 4 nitrogen and oxygen atoms in total. The molecule has 0 radical (unpaired) electrons. The molecule has 0 saturated heterocycles. The van der Waals surface area contributed by atoms with Crippen molar-refractivity contribution in [3.8, 4) is 0 Å². The third kappa shape index (κ3) is 3.61. The first-order valence-electron chi connectivity index (χ1n) is 5.31. The van der Waals surface area contributed by atoms with Crippen molar-refractivity contribution in [3.05, 3.63) is 28.0 Å². The Morgan fingerprint density at radius 3 is 2.78 bits per heavy atom. The van der Waals surface area contributed by atoms with E-state index in [1.54, 1.807) is 6.92 Å². The Morgan fingerprint density at radius 2 is 2.28 bits per heavy atom. The fourth-order valence-corrected chi connectivity index (χ4v) is 1.73. The lowest BCUT2D eigenvalue weighted by Crippen LogP contribution is -2.12. The van der Waals surface area contributed by atoms with Gasteiger partial charge >= 0.3 is 5.97 Å². The van der Waals surface area contributed by atoms with E-state index in [9.17, 15) is 13.6 Å². The molecule has 100 valence electrons. The van der Waals surface area contributed by atoms with Crippen molar-refractivity contribution in [1.29, 1.82) is 0 Å². The summed E-state index contributed by atoms with van der Waals surface area (Å²) in [5, 5.41) is -0.138. The number of pyridine rings is 1. The molecule has 2 N–H and O–H groups in total. The molecule has 1 rings (SSSR count). The van der Waals surface area contributed by atoms with Crippen LogP contribution in [0.3, 0.4) is 0 Å². The highest BCUT2D eigenvalue weighted by molar-refractivity contribution is 6.30. The molecule has 7 heteroatoms. The molecule has 0 atom stereocenters. The SMILES string of the molecule is CCOC(=O)Cc1c(C(F)F)cc(CN)nc1Cl. The molecule has 1 heterocycles. The van der Waals surface area contributed by atoms with Gasteiger partial charge in [0.25, 0.3) is 6.43 Å². The average molecular weight is 279 g/mol. The summed E-state index contributed by atoms with van der Waals surface area (Å²) in [4.78, 5) is 15.2. The second kappa shape index (κ2) is 6.61. The zero-order valence-corrected chi connectivity index (χ0v) is 10.5. The van der Waals surface area contributed by atoms with Crippen LogP contribution in [0.4, 0.5) is 8.78 Å². The minimum absolute atomic E-state index is 0.000867. The van der Waals surface area contributed by atoms with E-state index in [-0.39, 0.29) is 41.5 Å². The lowest BCUT2D eigenvalue weighted by molar-refractivity contribution is -0.142. The minimum atomic E-state index is -2.75. The highest BCUT2D eigenvalue weighted by Crippen LogP contribution is 2.28. The number of rotatable bonds is 5. The van der Waals surface area contributed by atoms with Crippen molar-refractivity contribution in [3.63, 3.8) is 0 Å². The monoisotopic (exact) mass is 278 g/mol. The summed E-state index contributed by atoms with van der Waals surface area (Å²) in [5.41, 5.74) is 5.24. The topological polar surface area (TPSA) is 65.2 Å². The Balaban J connectivity index is 3.12. The van der Waals surface area contributed by atoms with Gasteiger partial charge in [-0.2, -0.15) is 0 Å². The molecule has 0 fully saturated rings. The molecule has 0 aliphatic carbocycles. The zero-order chi connectivity index (χ0) is 13.7. The third-order valence-electron chi connectivity index (χ3n) is 2.23. The highest BCUT2D eigenvalue weighted by atomic mass is 35.5. The second-order valence-electron chi connectivity index (χ2n) is 3.46. The van der Waals surface area contributed by atoms with Crippen molar-refractivity contribution < 1.29 is 18.3 Å². The predicted molar refractivity (Wildman–Crippen MR) is 62.4 cm³/mol. The first-order chi connectivity index (χ1) is 8.49. The van der Waals surface area contributed by atoms with Crippen LogP contribution in [0, 0.1) is 0 Å². The summed E-state index contributed by atoms with van der Waals surface area (Å²) in [6.45, 7) is 1.80. The van der Waals surface area contributed by atoms with Gasteiger partial charge in [0.15, 0.2) is 0 Å². The van der Waals surface area contributed by atoms with Gasteiger partial charge in [-0.05, 0) is 13.0 Å². The summed E-state index contributed by atoms with van der Waals surface area (Å²) < 4.78 is 30.5. The number of hydrogen-bond acceptors (Lipinski definition) is 4. The third-order valence-corrected chi connectivity index (χ3v) is 2.54. The van der Waals surface area contributed by atoms with E-state index in [0.717, 1.165) is 6.07 Å². The highest BCUT2D eigenvalue weighted by Gasteiger charge is 2.20.